The second-order valence-corrected chi connectivity index (χ2v) is 3.12. The molecule has 1 atom stereocenters. The lowest BCUT2D eigenvalue weighted by Crippen LogP contribution is -2.30. The molecule has 1 amide bonds. The number of cyclic esters (lactones) is 1. The van der Waals surface area contributed by atoms with Crippen molar-refractivity contribution in [1.29, 1.82) is 0 Å². The molecule has 1 aromatic heterocycles. The van der Waals surface area contributed by atoms with Crippen LogP contribution in [0.15, 0.2) is 22.8 Å². The van der Waals surface area contributed by atoms with E-state index in [1.807, 2.05) is 0 Å². The van der Waals surface area contributed by atoms with E-state index in [4.69, 9.17) is 14.9 Å². The summed E-state index contributed by atoms with van der Waals surface area (Å²) in [5.74, 6) is 0.679. The molecule has 5 heteroatoms. The first-order valence-corrected chi connectivity index (χ1v) is 4.50. The number of carbonyl (C=O) groups is 1. The molecule has 1 saturated heterocycles. The smallest absolute Gasteiger partial charge is 0.410 e. The molecule has 0 saturated carbocycles. The predicted molar refractivity (Wildman–Crippen MR) is 48.6 cm³/mol. The Bertz CT molecular complexity index is 310. The molecule has 0 aliphatic carbocycles. The van der Waals surface area contributed by atoms with Crippen molar-refractivity contribution >= 4 is 6.09 Å². The Morgan fingerprint density at radius 2 is 2.50 bits per heavy atom. The lowest BCUT2D eigenvalue weighted by Gasteiger charge is -2.09. The van der Waals surface area contributed by atoms with Gasteiger partial charge in [0.25, 0.3) is 0 Å². The topological polar surface area (TPSA) is 68.7 Å². The van der Waals surface area contributed by atoms with E-state index in [9.17, 15) is 4.79 Å². The van der Waals surface area contributed by atoms with E-state index in [-0.39, 0.29) is 12.2 Å². The summed E-state index contributed by atoms with van der Waals surface area (Å²) in [4.78, 5) is 12.9. The first-order chi connectivity index (χ1) is 6.81. The van der Waals surface area contributed by atoms with Crippen molar-refractivity contribution in [3.63, 3.8) is 0 Å². The molecule has 14 heavy (non-hydrogen) atoms. The number of hydrogen-bond donors (Lipinski definition) is 1. The quantitative estimate of drug-likeness (QED) is 0.773. The molecule has 0 radical (unpaired) electrons. The van der Waals surface area contributed by atoms with Gasteiger partial charge in [-0.25, -0.2) is 4.79 Å². The zero-order valence-electron chi connectivity index (χ0n) is 7.68. The van der Waals surface area contributed by atoms with Crippen LogP contribution in [0.25, 0.3) is 0 Å². The second kappa shape index (κ2) is 3.71. The van der Waals surface area contributed by atoms with Crippen molar-refractivity contribution < 1.29 is 13.9 Å². The lowest BCUT2D eigenvalue weighted by molar-refractivity contribution is 0.123. The lowest BCUT2D eigenvalue weighted by atomic mass is 10.3. The van der Waals surface area contributed by atoms with Crippen LogP contribution in [-0.2, 0) is 4.74 Å². The summed E-state index contributed by atoms with van der Waals surface area (Å²) in [6.07, 6.45) is 0.954. The van der Waals surface area contributed by atoms with Gasteiger partial charge in [0, 0.05) is 13.1 Å². The van der Waals surface area contributed by atoms with Crippen LogP contribution in [0.2, 0.25) is 0 Å². The van der Waals surface area contributed by atoms with Gasteiger partial charge >= 0.3 is 6.09 Å². The SMILES string of the molecule is NCCN1CC(c2ccco2)OC1=O. The molecule has 1 aliphatic heterocycles. The van der Waals surface area contributed by atoms with Gasteiger partial charge in [-0.3, -0.25) is 0 Å². The van der Waals surface area contributed by atoms with E-state index in [1.165, 1.54) is 0 Å². The van der Waals surface area contributed by atoms with Gasteiger partial charge in [-0.15, -0.1) is 0 Å². The summed E-state index contributed by atoms with van der Waals surface area (Å²) in [6.45, 7) is 1.49. The molecule has 0 bridgehead atoms. The molecule has 1 aromatic rings. The summed E-state index contributed by atoms with van der Waals surface area (Å²) in [6, 6.07) is 3.57. The molecular formula is C9H12N2O3. The van der Waals surface area contributed by atoms with Crippen molar-refractivity contribution in [2.24, 2.45) is 5.73 Å². The average molecular weight is 196 g/mol. The highest BCUT2D eigenvalue weighted by Crippen LogP contribution is 2.25. The fourth-order valence-electron chi connectivity index (χ4n) is 1.47. The van der Waals surface area contributed by atoms with E-state index < -0.39 is 0 Å². The van der Waals surface area contributed by atoms with Crippen molar-refractivity contribution in [3.05, 3.63) is 24.2 Å². The fraction of sp³-hybridized carbons (Fsp3) is 0.444. The Kier molecular flexibility index (Phi) is 2.41. The number of furan rings is 1. The highest BCUT2D eigenvalue weighted by Gasteiger charge is 2.33. The summed E-state index contributed by atoms with van der Waals surface area (Å²) in [7, 11) is 0. The van der Waals surface area contributed by atoms with Crippen molar-refractivity contribution in [2.75, 3.05) is 19.6 Å². The molecular weight excluding hydrogens is 184 g/mol. The maximum absolute atomic E-state index is 11.3. The molecule has 76 valence electrons. The fourth-order valence-corrected chi connectivity index (χ4v) is 1.47. The average Bonchev–Trinajstić information content (AvgIpc) is 2.76. The van der Waals surface area contributed by atoms with Crippen molar-refractivity contribution in [2.45, 2.75) is 6.10 Å². The number of amides is 1. The number of ether oxygens (including phenoxy) is 1. The van der Waals surface area contributed by atoms with E-state index in [0.29, 0.717) is 25.4 Å². The van der Waals surface area contributed by atoms with Crippen LogP contribution in [0.3, 0.4) is 0 Å². The van der Waals surface area contributed by atoms with Gasteiger partial charge in [0.05, 0.1) is 12.8 Å². The number of nitrogens with zero attached hydrogens (tertiary/aromatic N) is 1. The van der Waals surface area contributed by atoms with Gasteiger partial charge in [0.1, 0.15) is 5.76 Å². The summed E-state index contributed by atoms with van der Waals surface area (Å²) >= 11 is 0. The Morgan fingerprint density at radius 3 is 3.14 bits per heavy atom. The van der Waals surface area contributed by atoms with Crippen LogP contribution in [0.1, 0.15) is 11.9 Å². The Labute approximate surface area is 81.4 Å². The maximum atomic E-state index is 11.3. The molecule has 1 fully saturated rings. The summed E-state index contributed by atoms with van der Waals surface area (Å²) in [5.41, 5.74) is 5.36. The van der Waals surface area contributed by atoms with Crippen LogP contribution in [-0.4, -0.2) is 30.6 Å². The molecule has 0 spiro atoms. The summed E-state index contributed by atoms with van der Waals surface area (Å²) in [5, 5.41) is 0. The maximum Gasteiger partial charge on any atom is 0.410 e. The minimum absolute atomic E-state index is 0.288. The number of rotatable bonds is 3. The van der Waals surface area contributed by atoms with E-state index in [1.54, 1.807) is 23.3 Å². The Hall–Kier alpha value is -1.49. The van der Waals surface area contributed by atoms with Gasteiger partial charge in [-0.05, 0) is 12.1 Å². The molecule has 2 rings (SSSR count). The number of nitrogens with two attached hydrogens (primary N) is 1. The number of hydrogen-bond acceptors (Lipinski definition) is 4. The molecule has 1 unspecified atom stereocenters. The predicted octanol–water partition coefficient (Wildman–Crippen LogP) is 0.732. The third kappa shape index (κ3) is 1.58. The molecule has 2 heterocycles. The largest absolute Gasteiger partial charge is 0.465 e. The monoisotopic (exact) mass is 196 g/mol. The Morgan fingerprint density at radius 1 is 1.64 bits per heavy atom. The second-order valence-electron chi connectivity index (χ2n) is 3.12. The highest BCUT2D eigenvalue weighted by atomic mass is 16.6. The zero-order chi connectivity index (χ0) is 9.97. The molecule has 5 nitrogen and oxygen atoms in total. The Balaban J connectivity index is 2.03. The van der Waals surface area contributed by atoms with Gasteiger partial charge < -0.3 is 19.8 Å². The van der Waals surface area contributed by atoms with Crippen molar-refractivity contribution in [1.82, 2.24) is 4.90 Å². The van der Waals surface area contributed by atoms with Crippen LogP contribution in [0.5, 0.6) is 0 Å². The van der Waals surface area contributed by atoms with Crippen LogP contribution < -0.4 is 5.73 Å². The van der Waals surface area contributed by atoms with Crippen LogP contribution in [0.4, 0.5) is 4.79 Å². The van der Waals surface area contributed by atoms with E-state index in [0.717, 1.165) is 0 Å². The van der Waals surface area contributed by atoms with Crippen LogP contribution >= 0.6 is 0 Å². The minimum Gasteiger partial charge on any atom is -0.465 e. The third-order valence-corrected chi connectivity index (χ3v) is 2.15. The molecule has 1 aliphatic rings. The zero-order valence-corrected chi connectivity index (χ0v) is 7.68. The van der Waals surface area contributed by atoms with Gasteiger partial charge in [-0.1, -0.05) is 0 Å². The summed E-state index contributed by atoms with van der Waals surface area (Å²) < 4.78 is 10.3. The molecule has 0 aromatic carbocycles. The van der Waals surface area contributed by atoms with Crippen LogP contribution in [0, 0.1) is 0 Å². The standard InChI is InChI=1S/C9H12N2O3/c10-3-4-11-6-8(14-9(11)12)7-2-1-5-13-7/h1-2,5,8H,3-4,6,10H2. The third-order valence-electron chi connectivity index (χ3n) is 2.15. The number of carbonyl (C=O) groups excluding carboxylic acids is 1. The van der Waals surface area contributed by atoms with Gasteiger partial charge in [-0.2, -0.15) is 0 Å². The van der Waals surface area contributed by atoms with E-state index in [2.05, 4.69) is 0 Å². The highest BCUT2D eigenvalue weighted by molar-refractivity contribution is 5.70. The normalized spacial score (nSPS) is 21.4. The first kappa shape index (κ1) is 9.08. The first-order valence-electron chi connectivity index (χ1n) is 4.50. The van der Waals surface area contributed by atoms with Gasteiger partial charge in [0.2, 0.25) is 0 Å². The van der Waals surface area contributed by atoms with Crippen molar-refractivity contribution in [3.8, 4) is 0 Å². The van der Waals surface area contributed by atoms with E-state index >= 15 is 0 Å². The molecule has 2 N–H and O–H groups in total. The minimum atomic E-state index is -0.322. The van der Waals surface area contributed by atoms with Gasteiger partial charge in [0.15, 0.2) is 6.10 Å².